The number of hydrogen-bond acceptors (Lipinski definition) is 4. The van der Waals surface area contributed by atoms with Gasteiger partial charge in [0, 0.05) is 11.4 Å². The fourth-order valence-electron chi connectivity index (χ4n) is 2.65. The molecule has 28 heavy (non-hydrogen) atoms. The van der Waals surface area contributed by atoms with Crippen LogP contribution < -0.4 is 32.7 Å². The molecule has 8 nitrogen and oxygen atoms in total. The van der Waals surface area contributed by atoms with Crippen molar-refractivity contribution in [3.05, 3.63) is 60.7 Å². The number of anilines is 2. The van der Waals surface area contributed by atoms with Crippen molar-refractivity contribution < 1.29 is 9.59 Å². The first-order valence-electron chi connectivity index (χ1n) is 9.25. The second kappa shape index (κ2) is 10.3. The van der Waals surface area contributed by atoms with E-state index in [2.05, 4.69) is 21.3 Å². The smallest absolute Gasteiger partial charge is 0.321 e. The molecule has 1 atom stereocenters. The monoisotopic (exact) mass is 384 g/mol. The van der Waals surface area contributed by atoms with Gasteiger partial charge in [0.15, 0.2) is 5.79 Å². The molecule has 8 N–H and O–H groups in total. The lowest BCUT2D eigenvalue weighted by molar-refractivity contribution is 0.206. The number of urea groups is 2. The Morgan fingerprint density at radius 1 is 0.893 bits per heavy atom. The molecule has 150 valence electrons. The molecule has 2 aromatic carbocycles. The molecule has 0 saturated carbocycles. The summed E-state index contributed by atoms with van der Waals surface area (Å²) in [5, 5.41) is 10.7. The van der Waals surface area contributed by atoms with E-state index in [1.54, 1.807) is 36.4 Å². The van der Waals surface area contributed by atoms with E-state index >= 15 is 0 Å². The summed E-state index contributed by atoms with van der Waals surface area (Å²) in [6.45, 7) is 2.02. The number of amides is 4. The van der Waals surface area contributed by atoms with Crippen LogP contribution in [0.3, 0.4) is 0 Å². The van der Waals surface area contributed by atoms with Gasteiger partial charge in [-0.25, -0.2) is 9.59 Å². The van der Waals surface area contributed by atoms with E-state index < -0.39 is 23.9 Å². The summed E-state index contributed by atoms with van der Waals surface area (Å²) in [5.74, 6) is -1.64. The van der Waals surface area contributed by atoms with Crippen molar-refractivity contribution in [2.75, 3.05) is 10.6 Å². The van der Waals surface area contributed by atoms with Gasteiger partial charge in [-0.05, 0) is 30.7 Å². The van der Waals surface area contributed by atoms with Crippen LogP contribution in [0.2, 0.25) is 0 Å². The zero-order valence-electron chi connectivity index (χ0n) is 15.9. The Morgan fingerprint density at radius 2 is 1.39 bits per heavy atom. The van der Waals surface area contributed by atoms with E-state index in [1.165, 1.54) is 0 Å². The second-order valence-corrected chi connectivity index (χ2v) is 6.54. The molecule has 0 bridgehead atoms. The third-order valence-corrected chi connectivity index (χ3v) is 4.12. The Kier molecular flexibility index (Phi) is 7.79. The van der Waals surface area contributed by atoms with Crippen LogP contribution in [-0.4, -0.2) is 23.9 Å². The summed E-state index contributed by atoms with van der Waals surface area (Å²) in [6, 6.07) is 16.3. The summed E-state index contributed by atoms with van der Waals surface area (Å²) in [5.41, 5.74) is 13.6. The van der Waals surface area contributed by atoms with Gasteiger partial charge in [0.1, 0.15) is 0 Å². The SMILES string of the molecule is CCCCC(NC(=O)Nc1ccccc1)C(N)(N)NC(=O)Nc1ccccc1. The zero-order chi connectivity index (χ0) is 20.4. The van der Waals surface area contributed by atoms with Gasteiger partial charge in [-0.3, -0.25) is 11.5 Å². The highest BCUT2D eigenvalue weighted by Crippen LogP contribution is 2.10. The Bertz CT molecular complexity index is 752. The summed E-state index contributed by atoms with van der Waals surface area (Å²) < 4.78 is 0. The molecule has 0 fully saturated rings. The topological polar surface area (TPSA) is 134 Å². The maximum atomic E-state index is 12.3. The fraction of sp³-hybridized carbons (Fsp3) is 0.300. The second-order valence-electron chi connectivity index (χ2n) is 6.54. The van der Waals surface area contributed by atoms with E-state index in [0.717, 1.165) is 12.8 Å². The van der Waals surface area contributed by atoms with Gasteiger partial charge in [-0.15, -0.1) is 0 Å². The van der Waals surface area contributed by atoms with Gasteiger partial charge < -0.3 is 21.3 Å². The van der Waals surface area contributed by atoms with Gasteiger partial charge >= 0.3 is 12.1 Å². The molecule has 2 aromatic rings. The van der Waals surface area contributed by atoms with E-state index in [-0.39, 0.29) is 0 Å². The molecule has 0 spiro atoms. The Morgan fingerprint density at radius 3 is 1.89 bits per heavy atom. The maximum absolute atomic E-state index is 12.3. The first-order chi connectivity index (χ1) is 13.4. The van der Waals surface area contributed by atoms with Crippen LogP contribution in [0, 0.1) is 0 Å². The van der Waals surface area contributed by atoms with Crippen molar-refractivity contribution in [3.63, 3.8) is 0 Å². The number of benzene rings is 2. The quantitative estimate of drug-likeness (QED) is 0.390. The number of carbonyl (C=O) groups is 2. The Labute approximate surface area is 165 Å². The molecular formula is C20H28N6O2. The number of carbonyl (C=O) groups excluding carboxylic acids is 2. The largest absolute Gasteiger partial charge is 0.330 e. The fourth-order valence-corrected chi connectivity index (χ4v) is 2.65. The van der Waals surface area contributed by atoms with Crippen LogP contribution in [0.15, 0.2) is 60.7 Å². The van der Waals surface area contributed by atoms with Crippen molar-refractivity contribution in [2.24, 2.45) is 11.5 Å². The van der Waals surface area contributed by atoms with E-state index in [4.69, 9.17) is 11.5 Å². The first-order valence-corrected chi connectivity index (χ1v) is 9.25. The Balaban J connectivity index is 2.00. The normalized spacial score (nSPS) is 12.0. The van der Waals surface area contributed by atoms with Crippen LogP contribution in [0.1, 0.15) is 26.2 Å². The van der Waals surface area contributed by atoms with Crippen LogP contribution >= 0.6 is 0 Å². The van der Waals surface area contributed by atoms with Gasteiger partial charge in [-0.2, -0.15) is 0 Å². The predicted octanol–water partition coefficient (Wildman–Crippen LogP) is 2.76. The lowest BCUT2D eigenvalue weighted by Crippen LogP contribution is -2.74. The van der Waals surface area contributed by atoms with E-state index in [0.29, 0.717) is 17.8 Å². The van der Waals surface area contributed by atoms with Gasteiger partial charge in [0.05, 0.1) is 6.04 Å². The number of rotatable bonds is 8. The first kappa shape index (κ1) is 21.2. The third kappa shape index (κ3) is 6.90. The standard InChI is InChI=1S/C20H28N6O2/c1-2-3-14-17(25-18(27)23-15-10-6-4-7-11-15)20(21,22)26-19(28)24-16-12-8-5-9-13-16/h4-13,17H,2-3,14,21-22H2,1H3,(H2,23,25,27)(H2,24,26,28). The lowest BCUT2D eigenvalue weighted by atomic mass is 10.0. The molecule has 1 unspecified atom stereocenters. The molecular weight excluding hydrogens is 356 g/mol. The van der Waals surface area contributed by atoms with Crippen molar-refractivity contribution in [1.29, 1.82) is 0 Å². The van der Waals surface area contributed by atoms with Gasteiger partial charge in [0.2, 0.25) is 0 Å². The van der Waals surface area contributed by atoms with E-state index in [1.807, 2.05) is 31.2 Å². The third-order valence-electron chi connectivity index (χ3n) is 4.12. The summed E-state index contributed by atoms with van der Waals surface area (Å²) in [7, 11) is 0. The number of hydrogen-bond donors (Lipinski definition) is 6. The molecule has 8 heteroatoms. The molecule has 2 rings (SSSR count). The highest BCUT2D eigenvalue weighted by molar-refractivity contribution is 5.91. The zero-order valence-corrected chi connectivity index (χ0v) is 15.9. The van der Waals surface area contributed by atoms with Gasteiger partial charge in [-0.1, -0.05) is 56.2 Å². The highest BCUT2D eigenvalue weighted by atomic mass is 16.2. The summed E-state index contributed by atoms with van der Waals surface area (Å²) in [6.07, 6.45) is 2.19. The van der Waals surface area contributed by atoms with Crippen LogP contribution in [0.5, 0.6) is 0 Å². The molecule has 0 saturated heterocycles. The molecule has 0 aliphatic carbocycles. The number of nitrogens with one attached hydrogen (secondary N) is 4. The number of para-hydroxylation sites is 2. The van der Waals surface area contributed by atoms with Crippen molar-refractivity contribution >= 4 is 23.4 Å². The van der Waals surface area contributed by atoms with Crippen molar-refractivity contribution in [1.82, 2.24) is 10.6 Å². The highest BCUT2D eigenvalue weighted by Gasteiger charge is 2.33. The average Bonchev–Trinajstić information content (AvgIpc) is 2.66. The van der Waals surface area contributed by atoms with Crippen molar-refractivity contribution in [3.8, 4) is 0 Å². The minimum absolute atomic E-state index is 0.446. The van der Waals surface area contributed by atoms with Gasteiger partial charge in [0.25, 0.3) is 0 Å². The maximum Gasteiger partial charge on any atom is 0.321 e. The minimum Gasteiger partial charge on any atom is -0.330 e. The predicted molar refractivity (Wildman–Crippen MR) is 112 cm³/mol. The molecule has 0 heterocycles. The molecule has 0 aliphatic heterocycles. The lowest BCUT2D eigenvalue weighted by Gasteiger charge is -2.35. The summed E-state index contributed by atoms with van der Waals surface area (Å²) >= 11 is 0. The average molecular weight is 384 g/mol. The van der Waals surface area contributed by atoms with Crippen LogP contribution in [-0.2, 0) is 0 Å². The van der Waals surface area contributed by atoms with Crippen molar-refractivity contribution in [2.45, 2.75) is 38.0 Å². The molecule has 0 aromatic heterocycles. The summed E-state index contributed by atoms with van der Waals surface area (Å²) in [4.78, 5) is 24.6. The van der Waals surface area contributed by atoms with E-state index in [9.17, 15) is 9.59 Å². The number of unbranched alkanes of at least 4 members (excludes halogenated alkanes) is 1. The number of nitrogens with two attached hydrogens (primary N) is 2. The van der Waals surface area contributed by atoms with Crippen LogP contribution in [0.25, 0.3) is 0 Å². The Hall–Kier alpha value is -3.10. The molecule has 0 aliphatic rings. The molecule has 0 radical (unpaired) electrons. The minimum atomic E-state index is -1.64. The van der Waals surface area contributed by atoms with Crippen LogP contribution in [0.4, 0.5) is 21.0 Å². The molecule has 4 amide bonds.